The Morgan fingerprint density at radius 3 is 2.65 bits per heavy atom. The van der Waals surface area contributed by atoms with Crippen LogP contribution < -0.4 is 4.74 Å². The van der Waals surface area contributed by atoms with Gasteiger partial charge in [0.2, 0.25) is 0 Å². The molecule has 0 fully saturated rings. The molecule has 102 valence electrons. The maximum Gasteiger partial charge on any atom is 0.348 e. The number of methoxy groups -OCH3 is 1. The summed E-state index contributed by atoms with van der Waals surface area (Å²) in [6.45, 7) is 1.91. The molecule has 0 aliphatic rings. The van der Waals surface area contributed by atoms with Crippen LogP contribution in [-0.2, 0) is 0 Å². The number of aryl methyl sites for hydroxylation is 1. The van der Waals surface area contributed by atoms with E-state index in [2.05, 4.69) is 4.98 Å². The number of nitrogens with zero attached hydrogens (tertiary/aromatic N) is 2. The number of hydrogen-bond acceptors (Lipinski definition) is 4. The standard InChI is InChI=1S/C14H12N2O3S/c1-8-7-15-14-16(8)11(12(20-14)13(17)18)9-3-5-10(19-2)6-4-9/h3-7H,1-2H3,(H,17,18). The third kappa shape index (κ3) is 1.85. The Labute approximate surface area is 119 Å². The van der Waals surface area contributed by atoms with Gasteiger partial charge in [-0.3, -0.25) is 4.40 Å². The minimum Gasteiger partial charge on any atom is -0.497 e. The van der Waals surface area contributed by atoms with Crippen LogP contribution in [0.4, 0.5) is 0 Å². The van der Waals surface area contributed by atoms with Crippen molar-refractivity contribution in [2.45, 2.75) is 6.92 Å². The van der Waals surface area contributed by atoms with E-state index in [0.29, 0.717) is 15.5 Å². The SMILES string of the molecule is COc1ccc(-c2c(C(=O)O)sc3ncc(C)n23)cc1. The van der Waals surface area contributed by atoms with Crippen LogP contribution in [0.3, 0.4) is 0 Å². The molecule has 0 amide bonds. The van der Waals surface area contributed by atoms with Gasteiger partial charge in [-0.05, 0) is 31.2 Å². The van der Waals surface area contributed by atoms with Crippen LogP contribution in [0.5, 0.6) is 5.75 Å². The summed E-state index contributed by atoms with van der Waals surface area (Å²) in [6.07, 6.45) is 1.74. The molecular formula is C14H12N2O3S. The van der Waals surface area contributed by atoms with Gasteiger partial charge >= 0.3 is 5.97 Å². The number of carboxylic acids is 1. The average Bonchev–Trinajstić information content (AvgIpc) is 2.99. The number of benzene rings is 1. The number of ether oxygens (including phenoxy) is 1. The van der Waals surface area contributed by atoms with E-state index in [0.717, 1.165) is 17.0 Å². The van der Waals surface area contributed by atoms with Gasteiger partial charge in [0.25, 0.3) is 0 Å². The summed E-state index contributed by atoms with van der Waals surface area (Å²) in [6, 6.07) is 7.34. The minimum absolute atomic E-state index is 0.293. The molecule has 0 aliphatic heterocycles. The van der Waals surface area contributed by atoms with Gasteiger partial charge < -0.3 is 9.84 Å². The number of carboxylic acid groups (broad SMARTS) is 1. The second kappa shape index (κ2) is 4.64. The van der Waals surface area contributed by atoms with Gasteiger partial charge in [-0.2, -0.15) is 0 Å². The average molecular weight is 288 g/mol. The highest BCUT2D eigenvalue weighted by Crippen LogP contribution is 2.33. The minimum atomic E-state index is -0.939. The van der Waals surface area contributed by atoms with Gasteiger partial charge in [-0.25, -0.2) is 9.78 Å². The van der Waals surface area contributed by atoms with E-state index in [4.69, 9.17) is 4.74 Å². The summed E-state index contributed by atoms with van der Waals surface area (Å²) < 4.78 is 7.00. The number of imidazole rings is 1. The summed E-state index contributed by atoms with van der Waals surface area (Å²) in [4.78, 5) is 16.7. The molecule has 6 heteroatoms. The van der Waals surface area contributed by atoms with Crippen LogP contribution in [0.25, 0.3) is 16.2 Å². The molecule has 0 saturated heterocycles. The summed E-state index contributed by atoms with van der Waals surface area (Å²) in [5.74, 6) is -0.204. The fourth-order valence-electron chi connectivity index (χ4n) is 2.15. The first-order chi connectivity index (χ1) is 9.61. The highest BCUT2D eigenvalue weighted by atomic mass is 32.1. The molecule has 0 bridgehead atoms. The van der Waals surface area contributed by atoms with E-state index >= 15 is 0 Å². The quantitative estimate of drug-likeness (QED) is 0.804. The predicted octanol–water partition coefficient (Wildman–Crippen LogP) is 3.08. The van der Waals surface area contributed by atoms with Crippen molar-refractivity contribution in [2.75, 3.05) is 7.11 Å². The largest absolute Gasteiger partial charge is 0.497 e. The number of hydrogen-bond donors (Lipinski definition) is 1. The first-order valence-corrected chi connectivity index (χ1v) is 6.78. The van der Waals surface area contributed by atoms with E-state index < -0.39 is 5.97 Å². The molecule has 2 heterocycles. The van der Waals surface area contributed by atoms with Crippen molar-refractivity contribution in [3.8, 4) is 17.0 Å². The zero-order valence-corrected chi connectivity index (χ0v) is 11.8. The maximum absolute atomic E-state index is 11.4. The van der Waals surface area contributed by atoms with E-state index in [1.165, 1.54) is 11.3 Å². The summed E-state index contributed by atoms with van der Waals surface area (Å²) in [5, 5.41) is 9.38. The molecule has 3 rings (SSSR count). The molecule has 0 atom stereocenters. The number of carbonyl (C=O) groups is 1. The molecular weight excluding hydrogens is 276 g/mol. The zero-order valence-electron chi connectivity index (χ0n) is 11.0. The highest BCUT2D eigenvalue weighted by molar-refractivity contribution is 7.19. The van der Waals surface area contributed by atoms with Crippen molar-refractivity contribution in [3.05, 3.63) is 41.0 Å². The molecule has 3 aromatic rings. The Hall–Kier alpha value is -2.34. The third-order valence-electron chi connectivity index (χ3n) is 3.10. The first kappa shape index (κ1) is 12.7. The van der Waals surface area contributed by atoms with Crippen molar-refractivity contribution in [3.63, 3.8) is 0 Å². The second-order valence-electron chi connectivity index (χ2n) is 4.33. The van der Waals surface area contributed by atoms with Crippen LogP contribution in [0.15, 0.2) is 30.5 Å². The van der Waals surface area contributed by atoms with Gasteiger partial charge in [-0.1, -0.05) is 11.3 Å². The van der Waals surface area contributed by atoms with Crippen LogP contribution >= 0.6 is 11.3 Å². The van der Waals surface area contributed by atoms with Crippen molar-refractivity contribution in [1.29, 1.82) is 0 Å². The predicted molar refractivity (Wildman–Crippen MR) is 76.8 cm³/mol. The van der Waals surface area contributed by atoms with Gasteiger partial charge in [-0.15, -0.1) is 0 Å². The molecule has 0 radical (unpaired) electrons. The fraction of sp³-hybridized carbons (Fsp3) is 0.143. The Balaban J connectivity index is 2.28. The van der Waals surface area contributed by atoms with Gasteiger partial charge in [0.1, 0.15) is 10.6 Å². The van der Waals surface area contributed by atoms with E-state index in [9.17, 15) is 9.90 Å². The van der Waals surface area contributed by atoms with Crippen LogP contribution in [0, 0.1) is 6.92 Å². The number of aromatic carboxylic acids is 1. The highest BCUT2D eigenvalue weighted by Gasteiger charge is 2.21. The van der Waals surface area contributed by atoms with E-state index in [-0.39, 0.29) is 0 Å². The summed E-state index contributed by atoms with van der Waals surface area (Å²) in [7, 11) is 1.60. The fourth-order valence-corrected chi connectivity index (χ4v) is 3.16. The molecule has 0 saturated carbocycles. The second-order valence-corrected chi connectivity index (χ2v) is 5.31. The summed E-state index contributed by atoms with van der Waals surface area (Å²) in [5.41, 5.74) is 2.40. The number of rotatable bonds is 3. The molecule has 2 aromatic heterocycles. The first-order valence-electron chi connectivity index (χ1n) is 5.96. The van der Waals surface area contributed by atoms with Gasteiger partial charge in [0.05, 0.1) is 12.8 Å². The monoisotopic (exact) mass is 288 g/mol. The lowest BCUT2D eigenvalue weighted by molar-refractivity contribution is 0.0702. The molecule has 1 aromatic carbocycles. The maximum atomic E-state index is 11.4. The lowest BCUT2D eigenvalue weighted by atomic mass is 10.1. The summed E-state index contributed by atoms with van der Waals surface area (Å²) >= 11 is 1.18. The Morgan fingerprint density at radius 1 is 1.35 bits per heavy atom. The Morgan fingerprint density at radius 2 is 2.05 bits per heavy atom. The third-order valence-corrected chi connectivity index (χ3v) is 4.14. The van der Waals surface area contributed by atoms with Crippen LogP contribution in [0.1, 0.15) is 15.4 Å². The normalized spacial score (nSPS) is 10.9. The van der Waals surface area contributed by atoms with E-state index in [1.54, 1.807) is 13.3 Å². The van der Waals surface area contributed by atoms with Gasteiger partial charge in [0, 0.05) is 17.5 Å². The smallest absolute Gasteiger partial charge is 0.348 e. The van der Waals surface area contributed by atoms with Crippen molar-refractivity contribution in [1.82, 2.24) is 9.38 Å². The van der Waals surface area contributed by atoms with Crippen molar-refractivity contribution >= 4 is 22.3 Å². The topological polar surface area (TPSA) is 63.8 Å². The Kier molecular flexibility index (Phi) is 2.94. The van der Waals surface area contributed by atoms with Crippen LogP contribution in [0.2, 0.25) is 0 Å². The van der Waals surface area contributed by atoms with Gasteiger partial charge in [0.15, 0.2) is 4.96 Å². The zero-order chi connectivity index (χ0) is 14.3. The molecule has 0 aliphatic carbocycles. The van der Waals surface area contributed by atoms with E-state index in [1.807, 2.05) is 35.6 Å². The lowest BCUT2D eigenvalue weighted by Crippen LogP contribution is -1.98. The number of aromatic nitrogens is 2. The molecule has 1 N–H and O–H groups in total. The number of thiazole rings is 1. The van der Waals surface area contributed by atoms with Crippen molar-refractivity contribution < 1.29 is 14.6 Å². The van der Waals surface area contributed by atoms with Crippen molar-refractivity contribution in [2.24, 2.45) is 0 Å². The lowest BCUT2D eigenvalue weighted by Gasteiger charge is -2.05. The molecule has 0 unspecified atom stereocenters. The Bertz CT molecular complexity index is 787. The molecule has 0 spiro atoms. The number of fused-ring (bicyclic) bond motifs is 1. The van der Waals surface area contributed by atoms with Crippen LogP contribution in [-0.4, -0.2) is 27.6 Å². The molecule has 20 heavy (non-hydrogen) atoms. The molecule has 5 nitrogen and oxygen atoms in total.